The topological polar surface area (TPSA) is 63.9 Å². The standard InChI is InChI=1S/C22H24N2O4S/c1-15-14-18(22(29-15)23-21(25)19-4-3-11-28-19)20(24-9-12-27-13-10-24)16-5-7-17(26-2)8-6-16/h3-8,11,14,20H,9-10,12-13H2,1-2H3,(H,23,25). The van der Waals surface area contributed by atoms with Crippen LogP contribution in [-0.4, -0.2) is 44.2 Å². The van der Waals surface area contributed by atoms with Crippen LogP contribution in [-0.2, 0) is 4.74 Å². The molecule has 29 heavy (non-hydrogen) atoms. The van der Waals surface area contributed by atoms with Crippen molar-refractivity contribution in [2.45, 2.75) is 13.0 Å². The number of carbonyl (C=O) groups is 1. The highest BCUT2D eigenvalue weighted by Gasteiger charge is 2.28. The maximum Gasteiger partial charge on any atom is 0.291 e. The number of aryl methyl sites for hydroxylation is 1. The molecule has 152 valence electrons. The Morgan fingerprint density at radius 3 is 2.62 bits per heavy atom. The second-order valence-electron chi connectivity index (χ2n) is 6.90. The number of hydrogen-bond donors (Lipinski definition) is 1. The van der Waals surface area contributed by atoms with Gasteiger partial charge in [-0.15, -0.1) is 11.3 Å². The fourth-order valence-corrected chi connectivity index (χ4v) is 4.56. The van der Waals surface area contributed by atoms with Crippen LogP contribution in [0.3, 0.4) is 0 Å². The SMILES string of the molecule is COc1ccc(C(c2cc(C)sc2NC(=O)c2ccco2)N2CCOCC2)cc1. The third kappa shape index (κ3) is 4.37. The van der Waals surface area contributed by atoms with Gasteiger partial charge >= 0.3 is 0 Å². The van der Waals surface area contributed by atoms with Crippen LogP contribution in [0.1, 0.15) is 32.6 Å². The zero-order chi connectivity index (χ0) is 20.2. The number of nitrogens with one attached hydrogen (secondary N) is 1. The van der Waals surface area contributed by atoms with Crippen molar-refractivity contribution >= 4 is 22.2 Å². The predicted octanol–water partition coefficient (Wildman–Crippen LogP) is 4.33. The highest BCUT2D eigenvalue weighted by molar-refractivity contribution is 7.16. The number of hydrogen-bond acceptors (Lipinski definition) is 6. The summed E-state index contributed by atoms with van der Waals surface area (Å²) in [5.41, 5.74) is 2.23. The molecule has 0 radical (unpaired) electrons. The third-order valence-corrected chi connectivity index (χ3v) is 5.97. The van der Waals surface area contributed by atoms with Gasteiger partial charge in [0.05, 0.1) is 32.6 Å². The number of rotatable bonds is 6. The summed E-state index contributed by atoms with van der Waals surface area (Å²) in [6, 6.07) is 13.7. The normalized spacial score (nSPS) is 15.8. The van der Waals surface area contributed by atoms with Crippen LogP contribution in [0.25, 0.3) is 0 Å². The number of benzene rings is 1. The van der Waals surface area contributed by atoms with E-state index in [-0.39, 0.29) is 11.9 Å². The number of nitrogens with zero attached hydrogens (tertiary/aromatic N) is 1. The molecule has 1 aliphatic rings. The van der Waals surface area contributed by atoms with E-state index >= 15 is 0 Å². The van der Waals surface area contributed by atoms with Crippen molar-refractivity contribution < 1.29 is 18.7 Å². The van der Waals surface area contributed by atoms with E-state index in [4.69, 9.17) is 13.9 Å². The lowest BCUT2D eigenvalue weighted by atomic mass is 9.97. The minimum Gasteiger partial charge on any atom is -0.497 e. The molecule has 1 amide bonds. The van der Waals surface area contributed by atoms with Gasteiger partial charge in [-0.25, -0.2) is 0 Å². The van der Waals surface area contributed by atoms with Crippen LogP contribution in [0.15, 0.2) is 53.1 Å². The highest BCUT2D eigenvalue weighted by Crippen LogP contribution is 2.39. The van der Waals surface area contributed by atoms with Gasteiger partial charge in [0.15, 0.2) is 5.76 Å². The van der Waals surface area contributed by atoms with E-state index < -0.39 is 0 Å². The molecule has 1 saturated heterocycles. The number of furan rings is 1. The second kappa shape index (κ2) is 8.82. The monoisotopic (exact) mass is 412 g/mol. The molecule has 1 fully saturated rings. The Morgan fingerprint density at radius 2 is 1.97 bits per heavy atom. The lowest BCUT2D eigenvalue weighted by Crippen LogP contribution is -2.39. The lowest BCUT2D eigenvalue weighted by molar-refractivity contribution is 0.0241. The fourth-order valence-electron chi connectivity index (χ4n) is 3.62. The van der Waals surface area contributed by atoms with Crippen molar-refractivity contribution in [3.63, 3.8) is 0 Å². The van der Waals surface area contributed by atoms with Crippen LogP contribution in [0.2, 0.25) is 0 Å². The maximum atomic E-state index is 12.6. The minimum absolute atomic E-state index is 0.0154. The first-order chi connectivity index (χ1) is 14.2. The Bertz CT molecular complexity index is 944. The smallest absolute Gasteiger partial charge is 0.291 e. The molecule has 6 nitrogen and oxygen atoms in total. The highest BCUT2D eigenvalue weighted by atomic mass is 32.1. The van der Waals surface area contributed by atoms with Crippen molar-refractivity contribution in [2.75, 3.05) is 38.7 Å². The summed E-state index contributed by atoms with van der Waals surface area (Å²) in [6.45, 7) is 5.11. The van der Waals surface area contributed by atoms with Gasteiger partial charge < -0.3 is 19.2 Å². The van der Waals surface area contributed by atoms with E-state index in [2.05, 4.69) is 35.3 Å². The van der Waals surface area contributed by atoms with Crippen molar-refractivity contribution in [1.82, 2.24) is 4.90 Å². The van der Waals surface area contributed by atoms with E-state index in [1.807, 2.05) is 12.1 Å². The van der Waals surface area contributed by atoms with Crippen molar-refractivity contribution in [2.24, 2.45) is 0 Å². The van der Waals surface area contributed by atoms with E-state index in [0.29, 0.717) is 19.0 Å². The second-order valence-corrected chi connectivity index (χ2v) is 8.15. The summed E-state index contributed by atoms with van der Waals surface area (Å²) in [5.74, 6) is 0.880. The predicted molar refractivity (Wildman–Crippen MR) is 113 cm³/mol. The summed E-state index contributed by atoms with van der Waals surface area (Å²) in [5, 5.41) is 3.89. The molecular weight excluding hydrogens is 388 g/mol. The molecule has 0 saturated carbocycles. The number of anilines is 1. The van der Waals surface area contributed by atoms with Crippen molar-refractivity contribution in [3.8, 4) is 5.75 Å². The molecule has 1 aromatic carbocycles. The molecule has 3 aromatic rings. The summed E-state index contributed by atoms with van der Waals surface area (Å²) in [7, 11) is 1.67. The van der Waals surface area contributed by atoms with Crippen LogP contribution in [0, 0.1) is 6.92 Å². The van der Waals surface area contributed by atoms with Crippen LogP contribution in [0.5, 0.6) is 5.75 Å². The summed E-state index contributed by atoms with van der Waals surface area (Å²) >= 11 is 1.58. The van der Waals surface area contributed by atoms with E-state index in [0.717, 1.165) is 39.8 Å². The third-order valence-electron chi connectivity index (χ3n) is 4.99. The van der Waals surface area contributed by atoms with Gasteiger partial charge in [0.25, 0.3) is 5.91 Å². The average Bonchev–Trinajstić information content (AvgIpc) is 3.40. The summed E-state index contributed by atoms with van der Waals surface area (Å²) < 4.78 is 16.1. The van der Waals surface area contributed by atoms with Gasteiger partial charge in [-0.2, -0.15) is 0 Å². The Labute approximate surface area is 174 Å². The van der Waals surface area contributed by atoms with Gasteiger partial charge in [0.2, 0.25) is 0 Å². The number of ether oxygens (including phenoxy) is 2. The van der Waals surface area contributed by atoms with E-state index in [1.165, 1.54) is 6.26 Å². The number of morpholine rings is 1. The molecule has 0 aliphatic carbocycles. The number of thiophene rings is 1. The quantitative estimate of drug-likeness (QED) is 0.653. The number of amides is 1. The molecule has 3 heterocycles. The number of methoxy groups -OCH3 is 1. The molecule has 2 aromatic heterocycles. The molecule has 1 atom stereocenters. The molecule has 1 N–H and O–H groups in total. The van der Waals surface area contributed by atoms with E-state index in [9.17, 15) is 4.79 Å². The van der Waals surface area contributed by atoms with E-state index in [1.54, 1.807) is 30.6 Å². The Hall–Kier alpha value is -2.61. The van der Waals surface area contributed by atoms with Gasteiger partial charge in [0, 0.05) is 23.5 Å². The van der Waals surface area contributed by atoms with Gasteiger partial charge in [-0.05, 0) is 42.8 Å². The van der Waals surface area contributed by atoms with Gasteiger partial charge in [-0.3, -0.25) is 9.69 Å². The van der Waals surface area contributed by atoms with Crippen LogP contribution >= 0.6 is 11.3 Å². The average molecular weight is 413 g/mol. The Kier molecular flexibility index (Phi) is 5.99. The van der Waals surface area contributed by atoms with Gasteiger partial charge in [0.1, 0.15) is 10.8 Å². The van der Waals surface area contributed by atoms with Gasteiger partial charge in [-0.1, -0.05) is 12.1 Å². The van der Waals surface area contributed by atoms with Crippen molar-refractivity contribution in [3.05, 3.63) is 70.5 Å². The van der Waals surface area contributed by atoms with Crippen molar-refractivity contribution in [1.29, 1.82) is 0 Å². The summed E-state index contributed by atoms with van der Waals surface area (Å²) in [4.78, 5) is 16.1. The summed E-state index contributed by atoms with van der Waals surface area (Å²) in [6.07, 6.45) is 1.50. The number of carbonyl (C=O) groups excluding carboxylic acids is 1. The largest absolute Gasteiger partial charge is 0.497 e. The zero-order valence-corrected chi connectivity index (χ0v) is 17.3. The Morgan fingerprint density at radius 1 is 1.21 bits per heavy atom. The first-order valence-corrected chi connectivity index (χ1v) is 10.4. The maximum absolute atomic E-state index is 12.6. The molecule has 7 heteroatoms. The molecule has 0 spiro atoms. The minimum atomic E-state index is -0.242. The Balaban J connectivity index is 1.70. The first kappa shape index (κ1) is 19.7. The molecule has 1 aliphatic heterocycles. The first-order valence-electron chi connectivity index (χ1n) is 9.56. The molecular formula is C22H24N2O4S. The molecule has 1 unspecified atom stereocenters. The zero-order valence-electron chi connectivity index (χ0n) is 16.5. The molecule has 0 bridgehead atoms. The lowest BCUT2D eigenvalue weighted by Gasteiger charge is -2.35. The molecule has 4 rings (SSSR count). The fraction of sp³-hybridized carbons (Fsp3) is 0.318. The van der Waals surface area contributed by atoms with Crippen LogP contribution in [0.4, 0.5) is 5.00 Å². The van der Waals surface area contributed by atoms with Crippen LogP contribution < -0.4 is 10.1 Å².